The van der Waals surface area contributed by atoms with Crippen molar-refractivity contribution in [2.24, 2.45) is 5.73 Å². The Morgan fingerprint density at radius 1 is 1.38 bits per heavy atom. The SMILES string of the molecule is Cc1cc(C(=O)N[C@@H](C)CN)c2cc(Br)ccc2n1.Cl.Cl. The van der Waals surface area contributed by atoms with Gasteiger partial charge in [0.15, 0.2) is 0 Å². The zero-order chi connectivity index (χ0) is 14.0. The predicted molar refractivity (Wildman–Crippen MR) is 94.7 cm³/mol. The van der Waals surface area contributed by atoms with Gasteiger partial charge in [0.25, 0.3) is 5.91 Å². The first-order chi connectivity index (χ1) is 9.01. The van der Waals surface area contributed by atoms with Crippen LogP contribution in [0.15, 0.2) is 28.7 Å². The summed E-state index contributed by atoms with van der Waals surface area (Å²) < 4.78 is 0.923. The van der Waals surface area contributed by atoms with Gasteiger partial charge in [0.1, 0.15) is 0 Å². The van der Waals surface area contributed by atoms with Gasteiger partial charge in [0.05, 0.1) is 11.1 Å². The molecule has 0 spiro atoms. The van der Waals surface area contributed by atoms with Crippen LogP contribution in [-0.4, -0.2) is 23.5 Å². The Morgan fingerprint density at radius 2 is 2.05 bits per heavy atom. The standard InChI is InChI=1S/C14H16BrN3O.2ClH/c1-8-5-12(14(19)18-9(2)7-16)11-6-10(15)3-4-13(11)17-8;;/h3-6,9H,7,16H2,1-2H3,(H,18,19);2*1H/t9-;;/m0../s1. The van der Waals surface area contributed by atoms with E-state index in [1.54, 1.807) is 6.07 Å². The van der Waals surface area contributed by atoms with Gasteiger partial charge in [-0.1, -0.05) is 15.9 Å². The Hall–Kier alpha value is -0.880. The van der Waals surface area contributed by atoms with Gasteiger partial charge < -0.3 is 11.1 Å². The minimum absolute atomic E-state index is 0. The second-order valence-electron chi connectivity index (χ2n) is 4.58. The predicted octanol–water partition coefficient (Wildman–Crippen LogP) is 3.23. The van der Waals surface area contributed by atoms with Crippen LogP contribution in [0.2, 0.25) is 0 Å². The van der Waals surface area contributed by atoms with Crippen molar-refractivity contribution in [1.82, 2.24) is 10.3 Å². The summed E-state index contributed by atoms with van der Waals surface area (Å²) in [5.41, 5.74) is 7.79. The van der Waals surface area contributed by atoms with Gasteiger partial charge in [-0.2, -0.15) is 0 Å². The van der Waals surface area contributed by atoms with E-state index in [-0.39, 0.29) is 36.8 Å². The maximum atomic E-state index is 12.3. The van der Waals surface area contributed by atoms with Crippen LogP contribution in [0.1, 0.15) is 23.0 Å². The Labute approximate surface area is 144 Å². The van der Waals surface area contributed by atoms with Crippen LogP contribution in [0.5, 0.6) is 0 Å². The largest absolute Gasteiger partial charge is 0.348 e. The normalized spacial score (nSPS) is 11.2. The Bertz CT molecular complexity index is 637. The number of aromatic nitrogens is 1. The molecule has 0 aliphatic heterocycles. The summed E-state index contributed by atoms with van der Waals surface area (Å²) in [6.45, 7) is 4.17. The van der Waals surface area contributed by atoms with Crippen LogP contribution in [0.25, 0.3) is 10.9 Å². The topological polar surface area (TPSA) is 68.0 Å². The van der Waals surface area contributed by atoms with Gasteiger partial charge in [0, 0.05) is 28.1 Å². The molecule has 3 N–H and O–H groups in total. The first-order valence-corrected chi connectivity index (χ1v) is 6.88. The van der Waals surface area contributed by atoms with Crippen molar-refractivity contribution >= 4 is 57.6 Å². The molecule has 0 aliphatic carbocycles. The number of aryl methyl sites for hydroxylation is 1. The summed E-state index contributed by atoms with van der Waals surface area (Å²) >= 11 is 3.42. The quantitative estimate of drug-likeness (QED) is 0.839. The molecule has 116 valence electrons. The fraction of sp³-hybridized carbons (Fsp3) is 0.286. The number of halogens is 3. The molecule has 0 saturated heterocycles. The molecule has 1 aromatic heterocycles. The number of nitrogens with one attached hydrogen (secondary N) is 1. The van der Waals surface area contributed by atoms with Crippen LogP contribution >= 0.6 is 40.7 Å². The number of pyridine rings is 1. The lowest BCUT2D eigenvalue weighted by Crippen LogP contribution is -2.37. The number of rotatable bonds is 3. The maximum absolute atomic E-state index is 12.3. The highest BCUT2D eigenvalue weighted by Crippen LogP contribution is 2.22. The Balaban J connectivity index is 0.00000200. The monoisotopic (exact) mass is 393 g/mol. The van der Waals surface area contributed by atoms with E-state index in [1.165, 1.54) is 0 Å². The first-order valence-electron chi connectivity index (χ1n) is 6.09. The van der Waals surface area contributed by atoms with E-state index >= 15 is 0 Å². The Morgan fingerprint density at radius 3 is 2.67 bits per heavy atom. The molecule has 1 heterocycles. The molecule has 1 aromatic carbocycles. The number of amides is 1. The van der Waals surface area contributed by atoms with Crippen LogP contribution in [0, 0.1) is 6.92 Å². The highest BCUT2D eigenvalue weighted by atomic mass is 79.9. The van der Waals surface area contributed by atoms with Gasteiger partial charge in [0.2, 0.25) is 0 Å². The number of benzene rings is 1. The van der Waals surface area contributed by atoms with Crippen LogP contribution in [0.3, 0.4) is 0 Å². The minimum atomic E-state index is -0.119. The summed E-state index contributed by atoms with van der Waals surface area (Å²) in [6, 6.07) is 7.47. The molecule has 2 aromatic rings. The summed E-state index contributed by atoms with van der Waals surface area (Å²) in [5.74, 6) is -0.119. The lowest BCUT2D eigenvalue weighted by molar-refractivity contribution is 0.0943. The number of hydrogen-bond donors (Lipinski definition) is 2. The third-order valence-corrected chi connectivity index (χ3v) is 3.37. The van der Waals surface area contributed by atoms with Crippen molar-refractivity contribution < 1.29 is 4.79 Å². The van der Waals surface area contributed by atoms with Crippen molar-refractivity contribution in [3.63, 3.8) is 0 Å². The lowest BCUT2D eigenvalue weighted by Gasteiger charge is -2.13. The second-order valence-corrected chi connectivity index (χ2v) is 5.50. The van der Waals surface area contributed by atoms with Crippen molar-refractivity contribution in [2.75, 3.05) is 6.54 Å². The lowest BCUT2D eigenvalue weighted by atomic mass is 10.1. The van der Waals surface area contributed by atoms with Crippen molar-refractivity contribution in [3.05, 3.63) is 40.0 Å². The Kier molecular flexibility index (Phi) is 8.18. The summed E-state index contributed by atoms with van der Waals surface area (Å²) in [4.78, 5) is 16.7. The molecule has 0 aliphatic rings. The number of fused-ring (bicyclic) bond motifs is 1. The first kappa shape index (κ1) is 20.1. The second kappa shape index (κ2) is 8.54. The molecule has 1 amide bonds. The van der Waals surface area contributed by atoms with E-state index in [4.69, 9.17) is 5.73 Å². The number of nitrogens with zero attached hydrogens (tertiary/aromatic N) is 1. The van der Waals surface area contributed by atoms with E-state index in [2.05, 4.69) is 26.2 Å². The van der Waals surface area contributed by atoms with Gasteiger partial charge in [-0.15, -0.1) is 24.8 Å². The van der Waals surface area contributed by atoms with Crippen molar-refractivity contribution in [2.45, 2.75) is 19.9 Å². The fourth-order valence-corrected chi connectivity index (χ4v) is 2.24. The molecule has 7 heteroatoms. The highest BCUT2D eigenvalue weighted by molar-refractivity contribution is 9.10. The van der Waals surface area contributed by atoms with E-state index in [9.17, 15) is 4.79 Å². The summed E-state index contributed by atoms with van der Waals surface area (Å²) in [6.07, 6.45) is 0. The molecule has 4 nitrogen and oxygen atoms in total. The van der Waals surface area contributed by atoms with Crippen LogP contribution < -0.4 is 11.1 Å². The molecule has 0 saturated carbocycles. The third-order valence-electron chi connectivity index (χ3n) is 2.87. The van der Waals surface area contributed by atoms with E-state index in [1.807, 2.05) is 32.0 Å². The molecule has 0 radical (unpaired) electrons. The van der Waals surface area contributed by atoms with E-state index in [0.717, 1.165) is 21.1 Å². The average Bonchev–Trinajstić information content (AvgIpc) is 2.38. The molecule has 21 heavy (non-hydrogen) atoms. The molecular formula is C14H18BrCl2N3O. The van der Waals surface area contributed by atoms with Gasteiger partial charge in [-0.25, -0.2) is 0 Å². The molecule has 1 atom stereocenters. The molecule has 0 unspecified atom stereocenters. The molecular weight excluding hydrogens is 377 g/mol. The van der Waals surface area contributed by atoms with E-state index < -0.39 is 0 Å². The molecule has 0 fully saturated rings. The van der Waals surface area contributed by atoms with Crippen molar-refractivity contribution in [1.29, 1.82) is 0 Å². The van der Waals surface area contributed by atoms with E-state index in [0.29, 0.717) is 12.1 Å². The zero-order valence-corrected chi connectivity index (χ0v) is 14.9. The smallest absolute Gasteiger partial charge is 0.252 e. The maximum Gasteiger partial charge on any atom is 0.252 e. The number of carbonyl (C=O) groups excluding carboxylic acids is 1. The minimum Gasteiger partial charge on any atom is -0.348 e. The van der Waals surface area contributed by atoms with Crippen LogP contribution in [-0.2, 0) is 0 Å². The average molecular weight is 395 g/mol. The van der Waals surface area contributed by atoms with Gasteiger partial charge in [-0.05, 0) is 38.1 Å². The number of nitrogens with two attached hydrogens (primary N) is 1. The van der Waals surface area contributed by atoms with Crippen LogP contribution in [0.4, 0.5) is 0 Å². The van der Waals surface area contributed by atoms with Gasteiger partial charge in [-0.3, -0.25) is 9.78 Å². The zero-order valence-electron chi connectivity index (χ0n) is 11.7. The highest BCUT2D eigenvalue weighted by Gasteiger charge is 2.14. The third kappa shape index (κ3) is 4.81. The van der Waals surface area contributed by atoms with Crippen molar-refractivity contribution in [3.8, 4) is 0 Å². The summed E-state index contributed by atoms with van der Waals surface area (Å²) in [7, 11) is 0. The number of hydrogen-bond acceptors (Lipinski definition) is 3. The molecule has 2 rings (SSSR count). The number of carbonyl (C=O) groups is 1. The fourth-order valence-electron chi connectivity index (χ4n) is 1.88. The van der Waals surface area contributed by atoms with Gasteiger partial charge >= 0.3 is 0 Å². The summed E-state index contributed by atoms with van der Waals surface area (Å²) in [5, 5.41) is 3.71. The molecule has 0 bridgehead atoms.